The van der Waals surface area contributed by atoms with Crippen LogP contribution in [0.25, 0.3) is 10.9 Å². The molecule has 29 heavy (non-hydrogen) atoms. The van der Waals surface area contributed by atoms with E-state index >= 15 is 0 Å². The molecule has 3 rings (SSSR count). The topological polar surface area (TPSA) is 71.9 Å². The van der Waals surface area contributed by atoms with Crippen molar-refractivity contribution in [1.29, 1.82) is 5.26 Å². The van der Waals surface area contributed by atoms with Gasteiger partial charge in [0.05, 0.1) is 0 Å². The molecule has 3 aromatic rings. The summed E-state index contributed by atoms with van der Waals surface area (Å²) in [6, 6.07) is 20.0. The van der Waals surface area contributed by atoms with E-state index in [0.29, 0.717) is 13.1 Å². The van der Waals surface area contributed by atoms with E-state index in [9.17, 15) is 10.1 Å². The van der Waals surface area contributed by atoms with Crippen LogP contribution < -0.4 is 5.32 Å². The molecule has 0 aliphatic rings. The fourth-order valence-electron chi connectivity index (χ4n) is 3.29. The van der Waals surface area contributed by atoms with E-state index in [1.807, 2.05) is 74.6 Å². The van der Waals surface area contributed by atoms with E-state index in [2.05, 4.69) is 16.4 Å². The lowest BCUT2D eigenvalue weighted by atomic mass is 10.1. The molecule has 0 bridgehead atoms. The summed E-state index contributed by atoms with van der Waals surface area (Å²) in [6.45, 7) is 5.03. The Morgan fingerprint density at radius 2 is 1.90 bits per heavy atom. The molecule has 1 heterocycles. The number of hydrogen-bond acceptors (Lipinski definition) is 3. The zero-order valence-corrected chi connectivity index (χ0v) is 16.9. The van der Waals surface area contributed by atoms with Crippen LogP contribution in [0, 0.1) is 11.3 Å². The number of nitrogens with one attached hydrogen (secondary N) is 2. The predicted molar refractivity (Wildman–Crippen MR) is 116 cm³/mol. The van der Waals surface area contributed by atoms with Crippen LogP contribution in [0.2, 0.25) is 0 Å². The second-order valence-electron chi connectivity index (χ2n) is 7.25. The normalized spacial score (nSPS) is 11.4. The zero-order valence-electron chi connectivity index (χ0n) is 16.9. The van der Waals surface area contributed by atoms with Gasteiger partial charge in [-0.3, -0.25) is 4.79 Å². The number of amides is 1. The zero-order chi connectivity index (χ0) is 20.6. The van der Waals surface area contributed by atoms with Crippen molar-refractivity contribution in [3.8, 4) is 6.07 Å². The lowest BCUT2D eigenvalue weighted by Gasteiger charge is -2.26. The van der Waals surface area contributed by atoms with Crippen molar-refractivity contribution < 1.29 is 4.79 Å². The molecule has 5 heteroatoms. The maximum absolute atomic E-state index is 12.9. The van der Waals surface area contributed by atoms with Gasteiger partial charge in [0.15, 0.2) is 0 Å². The first kappa shape index (κ1) is 20.2. The lowest BCUT2D eigenvalue weighted by Crippen LogP contribution is -2.37. The van der Waals surface area contributed by atoms with Gasteiger partial charge < -0.3 is 15.2 Å². The molecule has 148 valence electrons. The largest absolute Gasteiger partial charge is 0.389 e. The van der Waals surface area contributed by atoms with Gasteiger partial charge in [-0.2, -0.15) is 5.26 Å². The second kappa shape index (κ2) is 9.61. The van der Waals surface area contributed by atoms with Gasteiger partial charge in [0, 0.05) is 42.4 Å². The van der Waals surface area contributed by atoms with Crippen LogP contribution in [0.1, 0.15) is 25.0 Å². The molecule has 0 unspecified atom stereocenters. The number of aromatic nitrogens is 1. The number of aromatic amines is 1. The number of H-pyrrole nitrogens is 1. The maximum atomic E-state index is 12.9. The van der Waals surface area contributed by atoms with Gasteiger partial charge in [-0.15, -0.1) is 0 Å². The Balaban J connectivity index is 1.63. The number of carbonyl (C=O) groups excluding carboxylic acids is 1. The van der Waals surface area contributed by atoms with Crippen LogP contribution in [0.3, 0.4) is 0 Å². The van der Waals surface area contributed by atoms with Crippen LogP contribution in [0.5, 0.6) is 0 Å². The molecule has 5 nitrogen and oxygen atoms in total. The second-order valence-corrected chi connectivity index (χ2v) is 7.25. The molecule has 1 aromatic heterocycles. The van der Waals surface area contributed by atoms with E-state index < -0.39 is 0 Å². The first-order chi connectivity index (χ1) is 14.1. The highest BCUT2D eigenvalue weighted by molar-refractivity contribution is 5.97. The highest BCUT2D eigenvalue weighted by Crippen LogP contribution is 2.17. The summed E-state index contributed by atoms with van der Waals surface area (Å²) in [5.74, 6) is -0.258. The third-order valence-corrected chi connectivity index (χ3v) is 4.89. The Morgan fingerprint density at radius 3 is 2.62 bits per heavy atom. The summed E-state index contributed by atoms with van der Waals surface area (Å²) < 4.78 is 0. The highest BCUT2D eigenvalue weighted by Gasteiger charge is 2.21. The number of benzene rings is 2. The minimum Gasteiger partial charge on any atom is -0.389 e. The van der Waals surface area contributed by atoms with E-state index in [1.54, 1.807) is 4.90 Å². The Bertz CT molecular complexity index is 1030. The summed E-state index contributed by atoms with van der Waals surface area (Å²) in [5, 5.41) is 13.8. The van der Waals surface area contributed by atoms with Gasteiger partial charge in [-0.05, 0) is 37.5 Å². The summed E-state index contributed by atoms with van der Waals surface area (Å²) >= 11 is 0. The summed E-state index contributed by atoms with van der Waals surface area (Å²) in [7, 11) is 0. The molecule has 0 saturated carbocycles. The van der Waals surface area contributed by atoms with Gasteiger partial charge in [0.25, 0.3) is 5.91 Å². The molecule has 2 N–H and O–H groups in total. The summed E-state index contributed by atoms with van der Waals surface area (Å²) in [6.07, 6.45) is 4.34. The lowest BCUT2D eigenvalue weighted by molar-refractivity contribution is -0.129. The van der Waals surface area contributed by atoms with Crippen LogP contribution in [0.4, 0.5) is 0 Å². The van der Waals surface area contributed by atoms with Gasteiger partial charge in [0.1, 0.15) is 11.6 Å². The van der Waals surface area contributed by atoms with Crippen LogP contribution >= 0.6 is 0 Å². The minimum absolute atomic E-state index is 0.00863. The first-order valence-electron chi connectivity index (χ1n) is 9.83. The smallest absolute Gasteiger partial charge is 0.266 e. The van der Waals surface area contributed by atoms with E-state index in [0.717, 1.165) is 17.5 Å². The molecule has 0 radical (unpaired) electrons. The average molecular weight is 386 g/mol. The number of carbonyl (C=O) groups is 1. The number of nitriles is 1. The molecule has 0 fully saturated rings. The van der Waals surface area contributed by atoms with Gasteiger partial charge in [-0.1, -0.05) is 48.5 Å². The molecule has 1 amide bonds. The number of hydrogen-bond donors (Lipinski definition) is 2. The number of fused-ring (bicyclic) bond motifs is 1. The molecule has 0 spiro atoms. The third-order valence-electron chi connectivity index (χ3n) is 4.89. The number of rotatable bonds is 8. The van der Waals surface area contributed by atoms with Crippen molar-refractivity contribution in [3.63, 3.8) is 0 Å². The van der Waals surface area contributed by atoms with E-state index in [-0.39, 0.29) is 17.5 Å². The number of nitrogens with zero attached hydrogens (tertiary/aromatic N) is 2. The van der Waals surface area contributed by atoms with E-state index in [1.165, 1.54) is 17.1 Å². The molecular weight excluding hydrogens is 360 g/mol. The van der Waals surface area contributed by atoms with Gasteiger partial charge >= 0.3 is 0 Å². The molecule has 0 aliphatic heterocycles. The van der Waals surface area contributed by atoms with Crippen LogP contribution in [-0.4, -0.2) is 28.4 Å². The van der Waals surface area contributed by atoms with Gasteiger partial charge in [0.2, 0.25) is 0 Å². The standard InChI is InChI=1S/C24H26N4O/c1-18(2)28(17-19-8-4-3-5-9-19)24(29)21(14-25)15-26-13-12-20-16-27-23-11-7-6-10-22(20)23/h3-11,15-16,18,26-27H,12-13,17H2,1-2H3/b21-15-. The van der Waals surface area contributed by atoms with E-state index in [4.69, 9.17) is 0 Å². The van der Waals surface area contributed by atoms with Gasteiger partial charge in [-0.25, -0.2) is 0 Å². The Morgan fingerprint density at radius 1 is 1.17 bits per heavy atom. The molecule has 0 aliphatic carbocycles. The quantitative estimate of drug-likeness (QED) is 0.347. The summed E-state index contributed by atoms with van der Waals surface area (Å²) in [5.41, 5.74) is 3.48. The fourth-order valence-corrected chi connectivity index (χ4v) is 3.29. The van der Waals surface area contributed by atoms with Crippen LogP contribution in [-0.2, 0) is 17.8 Å². The summed E-state index contributed by atoms with van der Waals surface area (Å²) in [4.78, 5) is 17.9. The SMILES string of the molecule is CC(C)N(Cc1ccccc1)C(=O)/C(C#N)=C\NCCc1c[nH]c2ccccc12. The third kappa shape index (κ3) is 5.05. The molecule has 0 saturated heterocycles. The van der Waals surface area contributed by atoms with Crippen molar-refractivity contribution in [2.75, 3.05) is 6.54 Å². The Hall–Kier alpha value is -3.52. The molecule has 0 atom stereocenters. The maximum Gasteiger partial charge on any atom is 0.266 e. The fraction of sp³-hybridized carbons (Fsp3) is 0.250. The Kier molecular flexibility index (Phi) is 6.70. The number of para-hydroxylation sites is 1. The van der Waals surface area contributed by atoms with Crippen molar-refractivity contribution >= 4 is 16.8 Å². The van der Waals surface area contributed by atoms with Crippen molar-refractivity contribution in [2.24, 2.45) is 0 Å². The van der Waals surface area contributed by atoms with Crippen molar-refractivity contribution in [3.05, 3.63) is 83.7 Å². The molecule has 2 aromatic carbocycles. The first-order valence-corrected chi connectivity index (χ1v) is 9.83. The van der Waals surface area contributed by atoms with Crippen molar-refractivity contribution in [1.82, 2.24) is 15.2 Å². The molecular formula is C24H26N4O. The monoisotopic (exact) mass is 386 g/mol. The Labute approximate surface area is 171 Å². The average Bonchev–Trinajstić information content (AvgIpc) is 3.15. The minimum atomic E-state index is -0.258. The predicted octanol–water partition coefficient (Wildman–Crippen LogP) is 4.14. The van der Waals surface area contributed by atoms with Crippen LogP contribution in [0.15, 0.2) is 72.6 Å². The highest BCUT2D eigenvalue weighted by atomic mass is 16.2. The van der Waals surface area contributed by atoms with Crippen molar-refractivity contribution in [2.45, 2.75) is 32.9 Å².